The van der Waals surface area contributed by atoms with Gasteiger partial charge in [0.15, 0.2) is 0 Å². The van der Waals surface area contributed by atoms with Gasteiger partial charge in [-0.1, -0.05) is 13.8 Å². The Morgan fingerprint density at radius 2 is 2.08 bits per heavy atom. The van der Waals surface area contributed by atoms with Crippen LogP contribution in [-0.2, 0) is 17.6 Å². The molecule has 124 valence electrons. The molecule has 2 heterocycles. The van der Waals surface area contributed by atoms with Crippen LogP contribution in [0.15, 0.2) is 30.6 Å². The molecule has 0 saturated heterocycles. The fraction of sp³-hybridized carbons (Fsp3) is 0.222. The second kappa shape index (κ2) is 6.31. The van der Waals surface area contributed by atoms with Crippen LogP contribution in [0.3, 0.4) is 0 Å². The first-order valence-corrected chi connectivity index (χ1v) is 7.86. The highest BCUT2D eigenvalue weighted by Gasteiger charge is 2.25. The molecule has 1 aliphatic heterocycles. The number of hydrogen-bond donors (Lipinski definition) is 3. The SMILES string of the molecule is CCc1c[nH]c(CC)c1C(=O)NC=C1C(=O)Nc2ccc(F)cc21. The lowest BCUT2D eigenvalue weighted by atomic mass is 10.1. The summed E-state index contributed by atoms with van der Waals surface area (Å²) < 4.78 is 13.4. The minimum Gasteiger partial charge on any atom is -0.364 e. The molecule has 24 heavy (non-hydrogen) atoms. The van der Waals surface area contributed by atoms with Gasteiger partial charge in [-0.3, -0.25) is 9.59 Å². The molecule has 0 spiro atoms. The standard InChI is InChI=1S/C18H18FN3O2/c1-3-10-8-20-14(4-2)16(10)18(24)21-9-13-12-7-11(19)5-6-15(12)22-17(13)23/h5-9,20H,3-4H2,1-2H3,(H,21,24)(H,22,23). The van der Waals surface area contributed by atoms with Crippen LogP contribution in [0.25, 0.3) is 5.57 Å². The third-order valence-corrected chi connectivity index (χ3v) is 4.12. The average molecular weight is 327 g/mol. The summed E-state index contributed by atoms with van der Waals surface area (Å²) >= 11 is 0. The maximum absolute atomic E-state index is 13.4. The van der Waals surface area contributed by atoms with E-state index >= 15 is 0 Å². The van der Waals surface area contributed by atoms with Gasteiger partial charge in [0.1, 0.15) is 5.82 Å². The summed E-state index contributed by atoms with van der Waals surface area (Å²) in [7, 11) is 0. The summed E-state index contributed by atoms with van der Waals surface area (Å²) in [4.78, 5) is 27.7. The van der Waals surface area contributed by atoms with E-state index in [4.69, 9.17) is 0 Å². The van der Waals surface area contributed by atoms with Crippen LogP contribution in [0.5, 0.6) is 0 Å². The third kappa shape index (κ3) is 2.71. The maximum Gasteiger partial charge on any atom is 0.257 e. The Bertz CT molecular complexity index is 830. The van der Waals surface area contributed by atoms with Gasteiger partial charge in [0.25, 0.3) is 11.8 Å². The first-order valence-electron chi connectivity index (χ1n) is 7.86. The molecule has 0 radical (unpaired) electrons. The first-order chi connectivity index (χ1) is 11.5. The number of fused-ring (bicyclic) bond motifs is 1. The Kier molecular flexibility index (Phi) is 4.20. The molecule has 0 fully saturated rings. The number of rotatable bonds is 4. The van der Waals surface area contributed by atoms with E-state index in [0.29, 0.717) is 23.2 Å². The fourth-order valence-corrected chi connectivity index (χ4v) is 2.87. The van der Waals surface area contributed by atoms with Gasteiger partial charge >= 0.3 is 0 Å². The predicted octanol–water partition coefficient (Wildman–Crippen LogP) is 3.00. The number of carbonyl (C=O) groups is 2. The van der Waals surface area contributed by atoms with Crippen molar-refractivity contribution in [1.82, 2.24) is 10.3 Å². The van der Waals surface area contributed by atoms with Gasteiger partial charge in [0, 0.05) is 29.3 Å². The van der Waals surface area contributed by atoms with Crippen LogP contribution in [0.2, 0.25) is 0 Å². The molecule has 5 nitrogen and oxygen atoms in total. The molecule has 0 saturated carbocycles. The van der Waals surface area contributed by atoms with Gasteiger partial charge in [0.2, 0.25) is 0 Å². The number of aromatic nitrogens is 1. The van der Waals surface area contributed by atoms with Crippen molar-refractivity contribution < 1.29 is 14.0 Å². The fourth-order valence-electron chi connectivity index (χ4n) is 2.87. The van der Waals surface area contributed by atoms with Crippen LogP contribution in [-0.4, -0.2) is 16.8 Å². The molecule has 2 amide bonds. The van der Waals surface area contributed by atoms with Crippen molar-refractivity contribution in [2.75, 3.05) is 5.32 Å². The zero-order valence-electron chi connectivity index (χ0n) is 13.5. The highest BCUT2D eigenvalue weighted by molar-refractivity contribution is 6.31. The summed E-state index contributed by atoms with van der Waals surface area (Å²) in [6, 6.07) is 4.06. The van der Waals surface area contributed by atoms with Crippen molar-refractivity contribution >= 4 is 23.1 Å². The lowest BCUT2D eigenvalue weighted by Gasteiger charge is -2.05. The molecule has 1 aromatic carbocycles. The average Bonchev–Trinajstić information content (AvgIpc) is 3.12. The number of benzene rings is 1. The number of halogens is 1. The predicted molar refractivity (Wildman–Crippen MR) is 90.0 cm³/mol. The number of carbonyl (C=O) groups excluding carboxylic acids is 2. The summed E-state index contributed by atoms with van der Waals surface area (Å²) in [5.74, 6) is -1.08. The number of aryl methyl sites for hydroxylation is 2. The zero-order chi connectivity index (χ0) is 17.3. The normalized spacial score (nSPS) is 14.6. The van der Waals surface area contributed by atoms with E-state index in [1.54, 1.807) is 0 Å². The first kappa shape index (κ1) is 16.0. The van der Waals surface area contributed by atoms with E-state index in [1.807, 2.05) is 20.0 Å². The minimum absolute atomic E-state index is 0.240. The van der Waals surface area contributed by atoms with Crippen molar-refractivity contribution in [2.45, 2.75) is 26.7 Å². The zero-order valence-corrected chi connectivity index (χ0v) is 13.5. The summed E-state index contributed by atoms with van der Waals surface area (Å²) in [6.45, 7) is 3.94. The van der Waals surface area contributed by atoms with Gasteiger partial charge in [-0.05, 0) is 36.6 Å². The van der Waals surface area contributed by atoms with E-state index in [-0.39, 0.29) is 17.4 Å². The van der Waals surface area contributed by atoms with E-state index < -0.39 is 5.82 Å². The molecule has 3 N–H and O–H groups in total. The quantitative estimate of drug-likeness (QED) is 0.755. The number of amides is 2. The molecule has 3 rings (SSSR count). The number of nitrogens with one attached hydrogen (secondary N) is 3. The Hall–Kier alpha value is -2.89. The third-order valence-electron chi connectivity index (χ3n) is 4.12. The maximum atomic E-state index is 13.4. The smallest absolute Gasteiger partial charge is 0.257 e. The Balaban J connectivity index is 1.89. The van der Waals surface area contributed by atoms with Crippen LogP contribution in [0.1, 0.15) is 41.0 Å². The second-order valence-corrected chi connectivity index (χ2v) is 5.55. The largest absolute Gasteiger partial charge is 0.364 e. The molecule has 1 aliphatic rings. The Morgan fingerprint density at radius 1 is 1.29 bits per heavy atom. The minimum atomic E-state index is -0.436. The highest BCUT2D eigenvalue weighted by Crippen LogP contribution is 2.31. The number of anilines is 1. The monoisotopic (exact) mass is 327 g/mol. The molecular formula is C18H18FN3O2. The number of aromatic amines is 1. The molecule has 0 bridgehead atoms. The van der Waals surface area contributed by atoms with Crippen molar-refractivity contribution in [3.63, 3.8) is 0 Å². The summed E-state index contributed by atoms with van der Waals surface area (Å²) in [5, 5.41) is 5.31. The van der Waals surface area contributed by atoms with Crippen molar-refractivity contribution in [1.29, 1.82) is 0 Å². The molecular weight excluding hydrogens is 309 g/mol. The van der Waals surface area contributed by atoms with Crippen LogP contribution in [0.4, 0.5) is 10.1 Å². The molecule has 0 atom stereocenters. The van der Waals surface area contributed by atoms with Crippen molar-refractivity contribution in [3.8, 4) is 0 Å². The van der Waals surface area contributed by atoms with Gasteiger partial charge < -0.3 is 15.6 Å². The lowest BCUT2D eigenvalue weighted by Crippen LogP contribution is -2.21. The van der Waals surface area contributed by atoms with Crippen molar-refractivity contribution in [3.05, 3.63) is 58.8 Å². The Labute approximate surface area is 139 Å². The van der Waals surface area contributed by atoms with Gasteiger partial charge in [-0.15, -0.1) is 0 Å². The lowest BCUT2D eigenvalue weighted by molar-refractivity contribution is -0.110. The Morgan fingerprint density at radius 3 is 2.79 bits per heavy atom. The van der Waals surface area contributed by atoms with Gasteiger partial charge in [0.05, 0.1) is 11.1 Å². The molecule has 2 aromatic rings. The van der Waals surface area contributed by atoms with Crippen LogP contribution in [0, 0.1) is 5.82 Å². The molecule has 1 aromatic heterocycles. The molecule has 0 aliphatic carbocycles. The van der Waals surface area contributed by atoms with E-state index in [1.165, 1.54) is 24.4 Å². The second-order valence-electron chi connectivity index (χ2n) is 5.55. The van der Waals surface area contributed by atoms with E-state index in [2.05, 4.69) is 15.6 Å². The highest BCUT2D eigenvalue weighted by atomic mass is 19.1. The number of hydrogen-bond acceptors (Lipinski definition) is 2. The number of H-pyrrole nitrogens is 1. The molecule has 0 unspecified atom stereocenters. The van der Waals surface area contributed by atoms with E-state index in [9.17, 15) is 14.0 Å². The summed E-state index contributed by atoms with van der Waals surface area (Å²) in [6.07, 6.45) is 4.60. The summed E-state index contributed by atoms with van der Waals surface area (Å²) in [5.41, 5.74) is 3.60. The van der Waals surface area contributed by atoms with Gasteiger partial charge in [-0.2, -0.15) is 0 Å². The van der Waals surface area contributed by atoms with E-state index in [0.717, 1.165) is 17.7 Å². The van der Waals surface area contributed by atoms with Crippen LogP contribution < -0.4 is 10.6 Å². The van der Waals surface area contributed by atoms with Gasteiger partial charge in [-0.25, -0.2) is 4.39 Å². The van der Waals surface area contributed by atoms with Crippen molar-refractivity contribution in [2.24, 2.45) is 0 Å². The topological polar surface area (TPSA) is 74.0 Å². The molecule has 6 heteroatoms. The van der Waals surface area contributed by atoms with Crippen LogP contribution >= 0.6 is 0 Å².